The number of methoxy groups -OCH3 is 2. The molecule has 1 saturated heterocycles. The van der Waals surface area contributed by atoms with E-state index in [0.717, 1.165) is 45.0 Å². The van der Waals surface area contributed by atoms with Crippen LogP contribution in [0, 0.1) is 0 Å². The van der Waals surface area contributed by atoms with Gasteiger partial charge in [0.1, 0.15) is 28.4 Å². The SMILES string of the molecule is CCC(=O)N1CC[C@H](c2cc(-c3nc4cc(OC)cc(OC)c4s3)c3c(N)ncnn23)C1. The summed E-state index contributed by atoms with van der Waals surface area (Å²) in [7, 11) is 3.25. The van der Waals surface area contributed by atoms with Crippen LogP contribution >= 0.6 is 11.3 Å². The number of carbonyl (C=O) groups excluding carboxylic acids is 1. The van der Waals surface area contributed by atoms with Gasteiger partial charge in [0.05, 0.1) is 24.4 Å². The first kappa shape index (κ1) is 20.5. The standard InChI is InChI=1S/C22H24N6O3S/c1-4-18(29)27-6-5-12(10-27)16-9-14(19-21(23)24-11-25-28(16)19)22-26-15-7-13(30-2)8-17(31-3)20(15)32-22/h7-9,11-12H,4-6,10H2,1-3H3,(H2,23,24,25)/t12-/m0/s1. The number of amides is 1. The van der Waals surface area contributed by atoms with Crippen molar-refractivity contribution in [3.05, 3.63) is 30.2 Å². The van der Waals surface area contributed by atoms with Crippen LogP contribution in [0.25, 0.3) is 26.3 Å². The van der Waals surface area contributed by atoms with Crippen molar-refractivity contribution in [1.82, 2.24) is 24.5 Å². The van der Waals surface area contributed by atoms with Gasteiger partial charge in [0.15, 0.2) is 5.82 Å². The summed E-state index contributed by atoms with van der Waals surface area (Å²) in [5, 5.41) is 5.29. The number of nitrogens with zero attached hydrogens (tertiary/aromatic N) is 5. The maximum Gasteiger partial charge on any atom is 0.222 e. The van der Waals surface area contributed by atoms with Gasteiger partial charge in [0, 0.05) is 48.8 Å². The lowest BCUT2D eigenvalue weighted by Gasteiger charge is -2.15. The van der Waals surface area contributed by atoms with Crippen LogP contribution in [0.15, 0.2) is 24.5 Å². The molecule has 32 heavy (non-hydrogen) atoms. The Morgan fingerprint density at radius 2 is 2.12 bits per heavy atom. The first-order valence-electron chi connectivity index (χ1n) is 10.5. The van der Waals surface area contributed by atoms with Gasteiger partial charge in [-0.3, -0.25) is 4.79 Å². The minimum absolute atomic E-state index is 0.171. The minimum atomic E-state index is 0.171. The number of nitrogens with two attached hydrogens (primary N) is 1. The van der Waals surface area contributed by atoms with Crippen LogP contribution in [0.3, 0.4) is 0 Å². The lowest BCUT2D eigenvalue weighted by Crippen LogP contribution is -2.27. The first-order valence-corrected chi connectivity index (χ1v) is 11.3. The molecule has 1 aromatic carbocycles. The van der Waals surface area contributed by atoms with Crippen molar-refractivity contribution in [3.63, 3.8) is 0 Å². The Balaban J connectivity index is 1.65. The molecule has 1 aliphatic rings. The van der Waals surface area contributed by atoms with Gasteiger partial charge < -0.3 is 20.1 Å². The molecule has 2 N–H and O–H groups in total. The highest BCUT2D eigenvalue weighted by atomic mass is 32.1. The number of ether oxygens (including phenoxy) is 2. The second-order valence-electron chi connectivity index (χ2n) is 7.76. The van der Waals surface area contributed by atoms with Crippen LogP contribution in [0.5, 0.6) is 11.5 Å². The monoisotopic (exact) mass is 452 g/mol. The summed E-state index contributed by atoms with van der Waals surface area (Å²) in [6, 6.07) is 5.83. The van der Waals surface area contributed by atoms with E-state index >= 15 is 0 Å². The molecule has 0 bridgehead atoms. The molecular weight excluding hydrogens is 428 g/mol. The Bertz CT molecular complexity index is 1330. The molecule has 0 unspecified atom stereocenters. The van der Waals surface area contributed by atoms with Crippen LogP contribution in [0.2, 0.25) is 0 Å². The highest BCUT2D eigenvalue weighted by Crippen LogP contribution is 2.42. The Hall–Kier alpha value is -3.40. The van der Waals surface area contributed by atoms with Gasteiger partial charge in [-0.25, -0.2) is 14.5 Å². The van der Waals surface area contributed by atoms with Crippen molar-refractivity contribution in [2.45, 2.75) is 25.7 Å². The molecule has 0 radical (unpaired) electrons. The van der Waals surface area contributed by atoms with E-state index in [0.29, 0.717) is 30.3 Å². The molecule has 4 heterocycles. The lowest BCUT2D eigenvalue weighted by molar-refractivity contribution is -0.129. The summed E-state index contributed by atoms with van der Waals surface area (Å²) in [6.07, 6.45) is 2.86. The summed E-state index contributed by atoms with van der Waals surface area (Å²) in [5.74, 6) is 2.13. The van der Waals surface area contributed by atoms with Gasteiger partial charge in [-0.1, -0.05) is 6.92 Å². The highest BCUT2D eigenvalue weighted by Gasteiger charge is 2.30. The molecule has 5 rings (SSSR count). The van der Waals surface area contributed by atoms with Crippen molar-refractivity contribution < 1.29 is 14.3 Å². The van der Waals surface area contributed by atoms with Gasteiger partial charge in [0.25, 0.3) is 0 Å². The molecule has 9 nitrogen and oxygen atoms in total. The first-order chi connectivity index (χ1) is 15.5. The fraction of sp³-hybridized carbons (Fsp3) is 0.364. The Morgan fingerprint density at radius 1 is 1.28 bits per heavy atom. The number of fused-ring (bicyclic) bond motifs is 2. The molecule has 10 heteroatoms. The number of carbonyl (C=O) groups is 1. The average Bonchev–Trinajstić information content (AvgIpc) is 3.54. The fourth-order valence-electron chi connectivity index (χ4n) is 4.36. The van der Waals surface area contributed by atoms with E-state index in [9.17, 15) is 4.79 Å². The summed E-state index contributed by atoms with van der Waals surface area (Å²) < 4.78 is 13.7. The molecule has 1 aliphatic heterocycles. The Labute approximate surface area is 188 Å². The normalized spacial score (nSPS) is 16.2. The number of hydrogen-bond donors (Lipinski definition) is 1. The third-order valence-corrected chi connectivity index (χ3v) is 7.11. The predicted molar refractivity (Wildman–Crippen MR) is 123 cm³/mol. The zero-order valence-electron chi connectivity index (χ0n) is 18.2. The molecule has 1 amide bonds. The quantitative estimate of drug-likeness (QED) is 0.495. The molecule has 1 atom stereocenters. The Morgan fingerprint density at radius 3 is 2.88 bits per heavy atom. The number of benzene rings is 1. The molecule has 4 aromatic rings. The molecule has 0 saturated carbocycles. The van der Waals surface area contributed by atoms with Gasteiger partial charge >= 0.3 is 0 Å². The topological polar surface area (TPSA) is 108 Å². The van der Waals surface area contributed by atoms with Crippen molar-refractivity contribution >= 4 is 38.8 Å². The van der Waals surface area contributed by atoms with Gasteiger partial charge in [0.2, 0.25) is 5.91 Å². The maximum absolute atomic E-state index is 12.2. The van der Waals surface area contributed by atoms with E-state index in [1.165, 1.54) is 17.7 Å². The summed E-state index contributed by atoms with van der Waals surface area (Å²) in [5.41, 5.74) is 9.70. The van der Waals surface area contributed by atoms with Crippen LogP contribution in [-0.4, -0.2) is 57.7 Å². The second-order valence-corrected chi connectivity index (χ2v) is 8.76. The molecule has 0 aliphatic carbocycles. The largest absolute Gasteiger partial charge is 0.497 e. The molecule has 1 fully saturated rings. The number of aromatic nitrogens is 4. The Kier molecular flexibility index (Phi) is 5.09. The van der Waals surface area contributed by atoms with Crippen molar-refractivity contribution in [1.29, 1.82) is 0 Å². The summed E-state index contributed by atoms with van der Waals surface area (Å²) >= 11 is 1.53. The number of nitrogen functional groups attached to an aromatic ring is 1. The highest BCUT2D eigenvalue weighted by molar-refractivity contribution is 7.22. The number of likely N-dealkylation sites (tertiary alicyclic amines) is 1. The van der Waals surface area contributed by atoms with Crippen LogP contribution in [-0.2, 0) is 4.79 Å². The zero-order valence-corrected chi connectivity index (χ0v) is 19.0. The lowest BCUT2D eigenvalue weighted by atomic mass is 10.0. The van der Waals surface area contributed by atoms with E-state index in [-0.39, 0.29) is 11.8 Å². The zero-order chi connectivity index (χ0) is 22.4. The minimum Gasteiger partial charge on any atom is -0.497 e. The van der Waals surface area contributed by atoms with E-state index < -0.39 is 0 Å². The molecule has 166 valence electrons. The average molecular weight is 453 g/mol. The number of anilines is 1. The van der Waals surface area contributed by atoms with Crippen molar-refractivity contribution in [3.8, 4) is 22.1 Å². The van der Waals surface area contributed by atoms with Gasteiger partial charge in [-0.15, -0.1) is 11.3 Å². The van der Waals surface area contributed by atoms with Crippen LogP contribution < -0.4 is 15.2 Å². The van der Waals surface area contributed by atoms with E-state index in [2.05, 4.69) is 16.1 Å². The van der Waals surface area contributed by atoms with E-state index in [4.69, 9.17) is 20.2 Å². The smallest absolute Gasteiger partial charge is 0.222 e. The van der Waals surface area contributed by atoms with E-state index in [1.54, 1.807) is 14.2 Å². The molecule has 3 aromatic heterocycles. The third kappa shape index (κ3) is 3.22. The van der Waals surface area contributed by atoms with Crippen molar-refractivity contribution in [2.24, 2.45) is 0 Å². The van der Waals surface area contributed by atoms with Crippen LogP contribution in [0.4, 0.5) is 5.82 Å². The number of thiazole rings is 1. The summed E-state index contributed by atoms with van der Waals surface area (Å²) in [6.45, 7) is 3.32. The summed E-state index contributed by atoms with van der Waals surface area (Å²) in [4.78, 5) is 23.2. The van der Waals surface area contributed by atoms with E-state index in [1.807, 2.05) is 28.5 Å². The number of hydrogen-bond acceptors (Lipinski definition) is 8. The molecule has 0 spiro atoms. The molecular formula is C22H24N6O3S. The second kappa shape index (κ2) is 7.94. The number of rotatable bonds is 5. The van der Waals surface area contributed by atoms with Crippen molar-refractivity contribution in [2.75, 3.05) is 33.0 Å². The van der Waals surface area contributed by atoms with Crippen LogP contribution in [0.1, 0.15) is 31.4 Å². The third-order valence-electron chi connectivity index (χ3n) is 5.99. The van der Waals surface area contributed by atoms with Gasteiger partial charge in [-0.2, -0.15) is 5.10 Å². The maximum atomic E-state index is 12.2. The fourth-order valence-corrected chi connectivity index (χ4v) is 5.41. The van der Waals surface area contributed by atoms with Gasteiger partial charge in [-0.05, 0) is 12.5 Å². The predicted octanol–water partition coefficient (Wildman–Crippen LogP) is 3.33.